The summed E-state index contributed by atoms with van der Waals surface area (Å²) < 4.78 is 35.8. The van der Waals surface area contributed by atoms with Crippen molar-refractivity contribution in [1.82, 2.24) is 9.97 Å². The van der Waals surface area contributed by atoms with Crippen LogP contribution in [-0.4, -0.2) is 22.7 Å². The zero-order chi connectivity index (χ0) is 13.9. The van der Waals surface area contributed by atoms with Gasteiger partial charge in [-0.25, -0.2) is 4.98 Å². The van der Waals surface area contributed by atoms with E-state index in [0.717, 1.165) is 12.8 Å². The molecule has 1 saturated carbocycles. The molecule has 2 N–H and O–H groups in total. The van der Waals surface area contributed by atoms with Crippen LogP contribution in [0.5, 0.6) is 0 Å². The van der Waals surface area contributed by atoms with E-state index in [4.69, 9.17) is 0 Å². The van der Waals surface area contributed by atoms with Crippen molar-refractivity contribution in [3.05, 3.63) is 22.2 Å². The van der Waals surface area contributed by atoms with Crippen molar-refractivity contribution in [1.29, 1.82) is 0 Å². The van der Waals surface area contributed by atoms with Crippen molar-refractivity contribution >= 4 is 5.82 Å². The molecule has 1 aromatic rings. The molecule has 7 heteroatoms. The first kappa shape index (κ1) is 13.9. The summed E-state index contributed by atoms with van der Waals surface area (Å²) in [5.74, 6) is 1.45. The number of hydrogen-bond donors (Lipinski definition) is 2. The molecular weight excluding hydrogens is 259 g/mol. The summed E-state index contributed by atoms with van der Waals surface area (Å²) in [5.41, 5.74) is -0.227. The summed E-state index contributed by atoms with van der Waals surface area (Å²) in [4.78, 5) is 18.3. The number of H-pyrrole nitrogens is 1. The van der Waals surface area contributed by atoms with Gasteiger partial charge in [0.15, 0.2) is 0 Å². The average Bonchev–Trinajstić information content (AvgIpc) is 3.10. The second-order valence-corrected chi connectivity index (χ2v) is 4.79. The zero-order valence-electron chi connectivity index (χ0n) is 10.4. The van der Waals surface area contributed by atoms with Crippen LogP contribution in [0.3, 0.4) is 0 Å². The Bertz CT molecular complexity index is 480. The number of halogens is 3. The van der Waals surface area contributed by atoms with Crippen LogP contribution in [0.1, 0.15) is 43.8 Å². The minimum absolute atomic E-state index is 0.0785. The Morgan fingerprint density at radius 3 is 2.74 bits per heavy atom. The van der Waals surface area contributed by atoms with Crippen molar-refractivity contribution in [2.45, 2.75) is 44.2 Å². The first-order valence-corrected chi connectivity index (χ1v) is 6.36. The number of alkyl halides is 3. The maximum atomic E-state index is 11.9. The third-order valence-corrected chi connectivity index (χ3v) is 2.92. The van der Waals surface area contributed by atoms with Crippen LogP contribution in [0.2, 0.25) is 0 Å². The van der Waals surface area contributed by atoms with Gasteiger partial charge in [-0.3, -0.25) is 4.79 Å². The summed E-state index contributed by atoms with van der Waals surface area (Å²) >= 11 is 0. The quantitative estimate of drug-likeness (QED) is 0.785. The predicted octanol–water partition coefficient (Wildman–Crippen LogP) is 2.79. The third kappa shape index (κ3) is 4.92. The number of aromatic nitrogens is 2. The van der Waals surface area contributed by atoms with Gasteiger partial charge in [0.2, 0.25) is 0 Å². The summed E-state index contributed by atoms with van der Waals surface area (Å²) in [5, 5.41) is 2.90. The highest BCUT2D eigenvalue weighted by Crippen LogP contribution is 2.37. The van der Waals surface area contributed by atoms with Gasteiger partial charge < -0.3 is 10.3 Å². The lowest BCUT2D eigenvalue weighted by Crippen LogP contribution is -2.14. The normalized spacial score (nSPS) is 15.5. The molecule has 1 aliphatic rings. The molecule has 0 aromatic carbocycles. The largest absolute Gasteiger partial charge is 0.389 e. The van der Waals surface area contributed by atoms with Gasteiger partial charge in [0.05, 0.1) is 0 Å². The minimum Gasteiger partial charge on any atom is -0.370 e. The zero-order valence-corrected chi connectivity index (χ0v) is 10.4. The van der Waals surface area contributed by atoms with Gasteiger partial charge in [0, 0.05) is 24.9 Å². The molecule has 1 aliphatic carbocycles. The monoisotopic (exact) mass is 275 g/mol. The number of anilines is 1. The molecule has 4 nitrogen and oxygen atoms in total. The van der Waals surface area contributed by atoms with Crippen molar-refractivity contribution < 1.29 is 13.2 Å². The maximum Gasteiger partial charge on any atom is 0.389 e. The molecule has 0 amide bonds. The van der Waals surface area contributed by atoms with Crippen LogP contribution in [0, 0.1) is 0 Å². The molecule has 0 saturated heterocycles. The van der Waals surface area contributed by atoms with E-state index in [0.29, 0.717) is 30.5 Å². The van der Waals surface area contributed by atoms with Crippen LogP contribution in [-0.2, 0) is 0 Å². The first-order valence-electron chi connectivity index (χ1n) is 6.36. The molecule has 0 bridgehead atoms. The van der Waals surface area contributed by atoms with E-state index in [1.807, 2.05) is 0 Å². The molecule has 0 aliphatic heterocycles. The number of hydrogen-bond acceptors (Lipinski definition) is 3. The van der Waals surface area contributed by atoms with Gasteiger partial charge in [0.25, 0.3) is 5.56 Å². The highest BCUT2D eigenvalue weighted by Gasteiger charge is 2.27. The van der Waals surface area contributed by atoms with Crippen molar-refractivity contribution in [3.63, 3.8) is 0 Å². The van der Waals surface area contributed by atoms with E-state index in [1.165, 1.54) is 6.07 Å². The maximum absolute atomic E-state index is 11.9. The van der Waals surface area contributed by atoms with Crippen LogP contribution < -0.4 is 10.9 Å². The Morgan fingerprint density at radius 1 is 1.37 bits per heavy atom. The molecule has 1 heterocycles. The van der Waals surface area contributed by atoms with Crippen LogP contribution in [0.15, 0.2) is 10.9 Å². The van der Waals surface area contributed by atoms with Gasteiger partial charge in [-0.05, 0) is 25.7 Å². The topological polar surface area (TPSA) is 57.8 Å². The third-order valence-electron chi connectivity index (χ3n) is 2.92. The Balaban J connectivity index is 1.78. The Labute approximate surface area is 108 Å². The Morgan fingerprint density at radius 2 is 2.11 bits per heavy atom. The number of nitrogens with zero attached hydrogens (tertiary/aromatic N) is 1. The standard InChI is InChI=1S/C12H16F3N3O/c13-12(14,15)5-1-2-6-16-9-7-10(19)18-11(17-9)8-3-4-8/h7-8H,1-6H2,(H2,16,17,18,19). The van der Waals surface area contributed by atoms with Gasteiger partial charge in [-0.1, -0.05) is 0 Å². The van der Waals surface area contributed by atoms with Gasteiger partial charge in [0.1, 0.15) is 11.6 Å². The lowest BCUT2D eigenvalue weighted by atomic mass is 10.2. The number of aromatic amines is 1. The second kappa shape index (κ2) is 5.63. The van der Waals surface area contributed by atoms with Crippen LogP contribution in [0.25, 0.3) is 0 Å². The van der Waals surface area contributed by atoms with E-state index in [-0.39, 0.29) is 12.0 Å². The summed E-state index contributed by atoms with van der Waals surface area (Å²) in [6.07, 6.45) is -2.34. The van der Waals surface area contributed by atoms with Gasteiger partial charge in [-0.2, -0.15) is 13.2 Å². The fourth-order valence-electron chi connectivity index (χ4n) is 1.78. The van der Waals surface area contributed by atoms with E-state index in [9.17, 15) is 18.0 Å². The number of unbranched alkanes of at least 4 members (excludes halogenated alkanes) is 1. The van der Waals surface area contributed by atoms with E-state index < -0.39 is 12.6 Å². The minimum atomic E-state index is -4.10. The van der Waals surface area contributed by atoms with Crippen molar-refractivity contribution in [2.75, 3.05) is 11.9 Å². The smallest absolute Gasteiger partial charge is 0.370 e. The highest BCUT2D eigenvalue weighted by molar-refractivity contribution is 5.33. The molecule has 2 rings (SSSR count). The second-order valence-electron chi connectivity index (χ2n) is 4.79. The fourth-order valence-corrected chi connectivity index (χ4v) is 1.78. The first-order chi connectivity index (χ1) is 8.94. The molecule has 0 radical (unpaired) electrons. The molecule has 0 unspecified atom stereocenters. The summed E-state index contributed by atoms with van der Waals surface area (Å²) in [6.45, 7) is 0.386. The van der Waals surface area contributed by atoms with Crippen molar-refractivity contribution in [3.8, 4) is 0 Å². The van der Waals surface area contributed by atoms with E-state index in [2.05, 4.69) is 15.3 Å². The lowest BCUT2D eigenvalue weighted by Gasteiger charge is -2.08. The fraction of sp³-hybridized carbons (Fsp3) is 0.667. The lowest BCUT2D eigenvalue weighted by molar-refractivity contribution is -0.135. The summed E-state index contributed by atoms with van der Waals surface area (Å²) in [6, 6.07) is 1.33. The van der Waals surface area contributed by atoms with E-state index in [1.54, 1.807) is 0 Å². The number of rotatable bonds is 6. The predicted molar refractivity (Wildman–Crippen MR) is 65.2 cm³/mol. The van der Waals surface area contributed by atoms with Gasteiger partial charge >= 0.3 is 6.18 Å². The summed E-state index contributed by atoms with van der Waals surface area (Å²) in [7, 11) is 0. The SMILES string of the molecule is O=c1cc(NCCCCC(F)(F)F)nc(C2CC2)[nH]1. The Hall–Kier alpha value is -1.53. The molecule has 0 spiro atoms. The van der Waals surface area contributed by atoms with Gasteiger partial charge in [-0.15, -0.1) is 0 Å². The highest BCUT2D eigenvalue weighted by atomic mass is 19.4. The molecule has 0 atom stereocenters. The van der Waals surface area contributed by atoms with Crippen molar-refractivity contribution in [2.24, 2.45) is 0 Å². The Kier molecular flexibility index (Phi) is 4.11. The molecular formula is C12H16F3N3O. The average molecular weight is 275 g/mol. The number of nitrogens with one attached hydrogen (secondary N) is 2. The van der Waals surface area contributed by atoms with Crippen LogP contribution in [0.4, 0.5) is 19.0 Å². The molecule has 106 valence electrons. The molecule has 1 fully saturated rings. The molecule has 1 aromatic heterocycles. The van der Waals surface area contributed by atoms with Crippen LogP contribution >= 0.6 is 0 Å². The van der Waals surface area contributed by atoms with E-state index >= 15 is 0 Å². The molecule has 19 heavy (non-hydrogen) atoms.